The van der Waals surface area contributed by atoms with Crippen LogP contribution in [0.3, 0.4) is 0 Å². The summed E-state index contributed by atoms with van der Waals surface area (Å²) in [4.78, 5) is 11.4. The fourth-order valence-corrected chi connectivity index (χ4v) is 1.52. The van der Waals surface area contributed by atoms with E-state index < -0.39 is 5.54 Å². The summed E-state index contributed by atoms with van der Waals surface area (Å²) < 4.78 is 4.96. The van der Waals surface area contributed by atoms with Gasteiger partial charge in [-0.25, -0.2) is 0 Å². The number of carbonyl (C=O) groups is 1. The second-order valence-corrected chi connectivity index (χ2v) is 3.19. The van der Waals surface area contributed by atoms with E-state index in [-0.39, 0.29) is 5.91 Å². The molecule has 2 N–H and O–H groups in total. The lowest BCUT2D eigenvalue weighted by Gasteiger charge is -2.23. The van der Waals surface area contributed by atoms with Crippen LogP contribution in [0.5, 0.6) is 0 Å². The Morgan fingerprint density at radius 2 is 2.33 bits per heavy atom. The Bertz CT molecular complexity index is 219. The van der Waals surface area contributed by atoms with Gasteiger partial charge in [0.1, 0.15) is 5.54 Å². The highest BCUT2D eigenvalue weighted by Crippen LogP contribution is 2.15. The third-order valence-corrected chi connectivity index (χ3v) is 2.21. The zero-order valence-electron chi connectivity index (χ0n) is 7.14. The Labute approximate surface area is 76.7 Å². The molecule has 0 radical (unpaired) electrons. The predicted molar refractivity (Wildman–Crippen MR) is 48.8 cm³/mol. The fourth-order valence-electron chi connectivity index (χ4n) is 1.23. The lowest BCUT2D eigenvalue weighted by atomic mass is 9.98. The highest BCUT2D eigenvalue weighted by Gasteiger charge is 2.42. The van der Waals surface area contributed by atoms with Gasteiger partial charge in [0.15, 0.2) is 5.11 Å². The van der Waals surface area contributed by atoms with E-state index in [1.807, 2.05) is 6.92 Å². The van der Waals surface area contributed by atoms with Gasteiger partial charge in [0, 0.05) is 7.11 Å². The van der Waals surface area contributed by atoms with E-state index >= 15 is 0 Å². The molecular weight excluding hydrogens is 176 g/mol. The van der Waals surface area contributed by atoms with E-state index in [0.717, 1.165) is 0 Å². The quantitative estimate of drug-likeness (QED) is 0.602. The van der Waals surface area contributed by atoms with Gasteiger partial charge in [-0.15, -0.1) is 0 Å². The Hall–Kier alpha value is -0.680. The number of hydrogen-bond acceptors (Lipinski definition) is 3. The average Bonchev–Trinajstić information content (AvgIpc) is 2.28. The molecule has 12 heavy (non-hydrogen) atoms. The molecule has 0 spiro atoms. The molecule has 1 aliphatic rings. The van der Waals surface area contributed by atoms with Crippen LogP contribution in [0.15, 0.2) is 0 Å². The Balaban J connectivity index is 2.78. The molecular formula is C7H12N2O2S. The highest BCUT2D eigenvalue weighted by atomic mass is 32.1. The van der Waals surface area contributed by atoms with Gasteiger partial charge < -0.3 is 15.4 Å². The van der Waals surface area contributed by atoms with E-state index in [9.17, 15) is 4.79 Å². The maximum atomic E-state index is 11.4. The first-order valence-corrected chi connectivity index (χ1v) is 4.18. The minimum absolute atomic E-state index is 0.100. The number of ether oxygens (including phenoxy) is 1. The molecule has 1 heterocycles. The first kappa shape index (κ1) is 9.41. The number of nitrogens with one attached hydrogen (secondary N) is 2. The van der Waals surface area contributed by atoms with Gasteiger partial charge in [-0.3, -0.25) is 4.79 Å². The molecule has 0 bridgehead atoms. The molecule has 0 aromatic rings. The van der Waals surface area contributed by atoms with E-state index in [1.54, 1.807) is 7.11 Å². The molecule has 1 saturated heterocycles. The topological polar surface area (TPSA) is 50.4 Å². The smallest absolute Gasteiger partial charge is 0.254 e. The number of carbonyl (C=O) groups excluding carboxylic acids is 1. The van der Waals surface area contributed by atoms with Crippen molar-refractivity contribution in [3.05, 3.63) is 0 Å². The summed E-state index contributed by atoms with van der Waals surface area (Å²) in [5.74, 6) is -0.100. The zero-order chi connectivity index (χ0) is 9.19. The second-order valence-electron chi connectivity index (χ2n) is 2.78. The molecule has 0 aromatic heterocycles. The first-order chi connectivity index (χ1) is 5.64. The van der Waals surface area contributed by atoms with E-state index in [0.29, 0.717) is 18.1 Å². The molecule has 0 aliphatic carbocycles. The number of rotatable bonds is 3. The van der Waals surface area contributed by atoms with Crippen LogP contribution in [0, 0.1) is 0 Å². The van der Waals surface area contributed by atoms with Gasteiger partial charge in [0.05, 0.1) is 6.61 Å². The third-order valence-electron chi connectivity index (χ3n) is 2.01. The van der Waals surface area contributed by atoms with Crippen LogP contribution < -0.4 is 10.6 Å². The molecule has 1 fully saturated rings. The summed E-state index contributed by atoms with van der Waals surface area (Å²) in [6.07, 6.45) is 0.660. The fraction of sp³-hybridized carbons (Fsp3) is 0.714. The predicted octanol–water partition coefficient (Wildman–Crippen LogP) is -0.214. The zero-order valence-corrected chi connectivity index (χ0v) is 7.96. The van der Waals surface area contributed by atoms with Gasteiger partial charge >= 0.3 is 0 Å². The lowest BCUT2D eigenvalue weighted by Crippen LogP contribution is -2.50. The molecule has 4 nitrogen and oxygen atoms in total. The van der Waals surface area contributed by atoms with Crippen LogP contribution >= 0.6 is 12.2 Å². The summed E-state index contributed by atoms with van der Waals surface area (Å²) in [5.41, 5.74) is -0.647. The van der Waals surface area contributed by atoms with E-state index in [1.165, 1.54) is 0 Å². The normalized spacial score (nSPS) is 28.5. The molecule has 1 rings (SSSR count). The van der Waals surface area contributed by atoms with Crippen molar-refractivity contribution in [2.75, 3.05) is 13.7 Å². The molecule has 0 aromatic carbocycles. The maximum Gasteiger partial charge on any atom is 0.254 e. The largest absolute Gasteiger partial charge is 0.382 e. The summed E-state index contributed by atoms with van der Waals surface area (Å²) in [5, 5.41) is 5.85. The number of thiocarbonyl (C=S) groups is 1. The van der Waals surface area contributed by atoms with Crippen molar-refractivity contribution in [2.45, 2.75) is 18.9 Å². The highest BCUT2D eigenvalue weighted by molar-refractivity contribution is 7.80. The van der Waals surface area contributed by atoms with Crippen LogP contribution in [0.4, 0.5) is 0 Å². The number of methoxy groups -OCH3 is 1. The SMILES string of the molecule is CCC1(COC)NC(=S)NC1=O. The Morgan fingerprint density at radius 1 is 1.67 bits per heavy atom. The van der Waals surface area contributed by atoms with Crippen molar-refractivity contribution < 1.29 is 9.53 Å². The Morgan fingerprint density at radius 3 is 2.67 bits per heavy atom. The average molecular weight is 188 g/mol. The molecule has 5 heteroatoms. The van der Waals surface area contributed by atoms with Crippen molar-refractivity contribution in [3.63, 3.8) is 0 Å². The van der Waals surface area contributed by atoms with Crippen molar-refractivity contribution >= 4 is 23.2 Å². The van der Waals surface area contributed by atoms with E-state index in [4.69, 9.17) is 17.0 Å². The van der Waals surface area contributed by atoms with Crippen molar-refractivity contribution in [3.8, 4) is 0 Å². The summed E-state index contributed by atoms with van der Waals surface area (Å²) in [6.45, 7) is 2.26. The molecule has 1 aliphatic heterocycles. The molecule has 68 valence electrons. The van der Waals surface area contributed by atoms with Gasteiger partial charge in [0.25, 0.3) is 5.91 Å². The number of hydrogen-bond donors (Lipinski definition) is 2. The van der Waals surface area contributed by atoms with Crippen LogP contribution in [0.1, 0.15) is 13.3 Å². The molecule has 1 amide bonds. The third kappa shape index (κ3) is 1.42. The van der Waals surface area contributed by atoms with Gasteiger partial charge in [-0.1, -0.05) is 6.92 Å². The van der Waals surface area contributed by atoms with Gasteiger partial charge in [-0.2, -0.15) is 0 Å². The number of amides is 1. The van der Waals surface area contributed by atoms with Crippen molar-refractivity contribution in [2.24, 2.45) is 0 Å². The van der Waals surface area contributed by atoms with Crippen LogP contribution in [-0.2, 0) is 9.53 Å². The molecule has 0 saturated carbocycles. The summed E-state index contributed by atoms with van der Waals surface area (Å²) >= 11 is 4.83. The van der Waals surface area contributed by atoms with Gasteiger partial charge in [0.2, 0.25) is 0 Å². The lowest BCUT2D eigenvalue weighted by molar-refractivity contribution is -0.125. The maximum absolute atomic E-state index is 11.4. The minimum atomic E-state index is -0.647. The Kier molecular flexibility index (Phi) is 2.64. The van der Waals surface area contributed by atoms with Crippen LogP contribution in [0.2, 0.25) is 0 Å². The molecule has 1 atom stereocenters. The molecule has 1 unspecified atom stereocenters. The second kappa shape index (κ2) is 3.37. The standard InChI is InChI=1S/C7H12N2O2S/c1-3-7(4-11-2)5(10)8-6(12)9-7/h3-4H2,1-2H3,(H2,8,9,10,12). The monoisotopic (exact) mass is 188 g/mol. The van der Waals surface area contributed by atoms with Crippen LogP contribution in [0.25, 0.3) is 0 Å². The first-order valence-electron chi connectivity index (χ1n) is 3.77. The van der Waals surface area contributed by atoms with Crippen molar-refractivity contribution in [1.29, 1.82) is 0 Å². The van der Waals surface area contributed by atoms with Crippen LogP contribution in [-0.4, -0.2) is 30.3 Å². The van der Waals surface area contributed by atoms with Crippen molar-refractivity contribution in [1.82, 2.24) is 10.6 Å². The van der Waals surface area contributed by atoms with Gasteiger partial charge in [-0.05, 0) is 18.6 Å². The summed E-state index contributed by atoms with van der Waals surface area (Å²) in [7, 11) is 1.56. The van der Waals surface area contributed by atoms with E-state index in [2.05, 4.69) is 10.6 Å². The minimum Gasteiger partial charge on any atom is -0.382 e. The summed E-state index contributed by atoms with van der Waals surface area (Å²) in [6, 6.07) is 0.